The van der Waals surface area contributed by atoms with Crippen molar-refractivity contribution in [3.05, 3.63) is 68.9 Å². The number of thiophene rings is 1. The number of benzene rings is 2. The zero-order valence-corrected chi connectivity index (χ0v) is 28.0. The maximum Gasteiger partial charge on any atom is 0.160 e. The van der Waals surface area contributed by atoms with Crippen molar-refractivity contribution < 1.29 is 4.79 Å². The van der Waals surface area contributed by atoms with Crippen molar-refractivity contribution in [1.29, 1.82) is 0 Å². The number of nitrogen functional groups attached to an aromatic ring is 1. The number of fused-ring (bicyclic) bond motifs is 3. The van der Waals surface area contributed by atoms with Gasteiger partial charge in [-0.25, -0.2) is 0 Å². The molecule has 3 aromatic rings. The first kappa shape index (κ1) is 33.2. The van der Waals surface area contributed by atoms with Crippen LogP contribution in [0.25, 0.3) is 11.1 Å². The quantitative estimate of drug-likeness (QED) is 0.0646. The van der Waals surface area contributed by atoms with Crippen molar-refractivity contribution in [2.24, 2.45) is 10.9 Å². The largest absolute Gasteiger partial charge is 0.399 e. The summed E-state index contributed by atoms with van der Waals surface area (Å²) in [6.45, 7) is 9.09. The second-order valence-corrected chi connectivity index (χ2v) is 13.9. The van der Waals surface area contributed by atoms with E-state index in [0.717, 1.165) is 53.1 Å². The number of hydrogen-bond donors (Lipinski definition) is 1. The van der Waals surface area contributed by atoms with E-state index < -0.39 is 0 Å². The average Bonchev–Trinajstić information content (AvgIpc) is 3.54. The van der Waals surface area contributed by atoms with Crippen molar-refractivity contribution in [3.8, 4) is 11.1 Å². The smallest absolute Gasteiger partial charge is 0.160 e. The fourth-order valence-electron chi connectivity index (χ4n) is 7.13. The van der Waals surface area contributed by atoms with Crippen molar-refractivity contribution in [2.45, 2.75) is 129 Å². The van der Waals surface area contributed by atoms with Gasteiger partial charge in [-0.15, -0.1) is 11.3 Å². The van der Waals surface area contributed by atoms with E-state index in [2.05, 4.69) is 70.2 Å². The van der Waals surface area contributed by atoms with Gasteiger partial charge in [-0.3, -0.25) is 9.79 Å². The second kappa shape index (κ2) is 16.4. The summed E-state index contributed by atoms with van der Waals surface area (Å²) < 4.78 is 0. The molecule has 0 saturated carbocycles. The van der Waals surface area contributed by atoms with Gasteiger partial charge in [0.05, 0.1) is 10.6 Å². The summed E-state index contributed by atoms with van der Waals surface area (Å²) in [5, 5.41) is 0. The molecule has 0 radical (unpaired) electrons. The predicted molar refractivity (Wildman–Crippen MR) is 189 cm³/mol. The van der Waals surface area contributed by atoms with E-state index in [0.29, 0.717) is 5.92 Å². The lowest BCUT2D eigenvalue weighted by Crippen LogP contribution is -2.25. The Kier molecular flexibility index (Phi) is 12.6. The Hall–Kier alpha value is -2.72. The fourth-order valence-corrected chi connectivity index (χ4v) is 8.01. The molecule has 1 aromatic heterocycles. The van der Waals surface area contributed by atoms with E-state index in [1.165, 1.54) is 98.4 Å². The van der Waals surface area contributed by atoms with Gasteiger partial charge in [-0.1, -0.05) is 117 Å². The van der Waals surface area contributed by atoms with E-state index in [1.807, 2.05) is 6.21 Å². The van der Waals surface area contributed by atoms with Gasteiger partial charge in [-0.05, 0) is 83.3 Å². The highest BCUT2D eigenvalue weighted by Gasteiger charge is 2.42. The molecule has 2 aromatic carbocycles. The molecule has 232 valence electrons. The van der Waals surface area contributed by atoms with E-state index in [9.17, 15) is 4.79 Å². The molecule has 0 saturated heterocycles. The Labute approximate surface area is 265 Å². The maximum absolute atomic E-state index is 11.9. The molecule has 4 rings (SSSR count). The molecule has 0 fully saturated rings. The summed E-state index contributed by atoms with van der Waals surface area (Å²) in [5.74, 6) is 0.633. The molecule has 43 heavy (non-hydrogen) atoms. The molecule has 1 aliphatic carbocycles. The van der Waals surface area contributed by atoms with Crippen LogP contribution in [0.15, 0.2) is 47.5 Å². The lowest BCUT2D eigenvalue weighted by atomic mass is 9.70. The number of aliphatic imine (C=N–C) groups is 1. The van der Waals surface area contributed by atoms with Crippen LogP contribution in [-0.2, 0) is 11.8 Å². The van der Waals surface area contributed by atoms with Crippen molar-refractivity contribution in [2.75, 3.05) is 5.73 Å². The Bertz CT molecular complexity index is 1340. The van der Waals surface area contributed by atoms with E-state index in [4.69, 9.17) is 10.7 Å². The van der Waals surface area contributed by atoms with Crippen molar-refractivity contribution in [3.63, 3.8) is 0 Å². The van der Waals surface area contributed by atoms with Crippen LogP contribution in [0.1, 0.15) is 149 Å². The summed E-state index contributed by atoms with van der Waals surface area (Å²) >= 11 is 1.57. The third kappa shape index (κ3) is 8.06. The summed E-state index contributed by atoms with van der Waals surface area (Å²) in [6, 6.07) is 15.6. The van der Waals surface area contributed by atoms with Crippen molar-refractivity contribution >= 4 is 35.2 Å². The minimum Gasteiger partial charge on any atom is -0.399 e. The first-order valence-corrected chi connectivity index (χ1v) is 18.0. The van der Waals surface area contributed by atoms with Crippen LogP contribution >= 0.6 is 11.3 Å². The topological polar surface area (TPSA) is 55.4 Å². The summed E-state index contributed by atoms with van der Waals surface area (Å²) in [5.41, 5.74) is 15.0. The normalized spacial score (nSPS) is 14.2. The number of carbonyl (C=O) groups is 1. The van der Waals surface area contributed by atoms with Crippen molar-refractivity contribution in [1.82, 2.24) is 0 Å². The van der Waals surface area contributed by atoms with Crippen LogP contribution in [0.2, 0.25) is 0 Å². The van der Waals surface area contributed by atoms with Crippen LogP contribution in [-0.4, -0.2) is 12.5 Å². The highest BCUT2D eigenvalue weighted by atomic mass is 32.1. The van der Waals surface area contributed by atoms with Crippen LogP contribution in [0.4, 0.5) is 11.4 Å². The monoisotopic (exact) mass is 598 g/mol. The predicted octanol–water partition coefficient (Wildman–Crippen LogP) is 11.9. The number of anilines is 1. The van der Waals surface area contributed by atoms with E-state index in [1.54, 1.807) is 11.3 Å². The zero-order valence-electron chi connectivity index (χ0n) is 27.2. The van der Waals surface area contributed by atoms with Crippen LogP contribution in [0.5, 0.6) is 0 Å². The molecule has 3 nitrogen and oxygen atoms in total. The van der Waals surface area contributed by atoms with E-state index >= 15 is 0 Å². The van der Waals surface area contributed by atoms with Gasteiger partial charge in [0.15, 0.2) is 6.29 Å². The summed E-state index contributed by atoms with van der Waals surface area (Å²) in [4.78, 5) is 18.9. The Morgan fingerprint density at radius 1 is 0.814 bits per heavy atom. The third-order valence-corrected chi connectivity index (χ3v) is 10.7. The number of hydrogen-bond acceptors (Lipinski definition) is 4. The minimum atomic E-state index is -0.0124. The lowest BCUT2D eigenvalue weighted by molar-refractivity contribution is 0.112. The molecule has 0 spiro atoms. The SMILES string of the molecule is CCCCCCC1(CCCCCC)c2cc(N)ccc2-c2ccc(N=Cc3cc(CC(CC)CCCC)c(C=O)s3)cc21. The molecule has 4 heteroatoms. The van der Waals surface area contributed by atoms with E-state index in [-0.39, 0.29) is 5.41 Å². The molecule has 1 heterocycles. The number of rotatable bonds is 19. The van der Waals surface area contributed by atoms with Crippen LogP contribution in [0, 0.1) is 5.92 Å². The molecular weight excluding hydrogens is 545 g/mol. The molecular formula is C39H54N2OS. The molecule has 0 amide bonds. The number of carbonyl (C=O) groups excluding carboxylic acids is 1. The molecule has 0 bridgehead atoms. The van der Waals surface area contributed by atoms with Crippen LogP contribution in [0.3, 0.4) is 0 Å². The number of nitrogens with zero attached hydrogens (tertiary/aromatic N) is 1. The minimum absolute atomic E-state index is 0.0124. The van der Waals surface area contributed by atoms with Crippen LogP contribution < -0.4 is 5.73 Å². The maximum atomic E-state index is 11.9. The highest BCUT2D eigenvalue weighted by molar-refractivity contribution is 7.15. The Morgan fingerprint density at radius 3 is 2.09 bits per heavy atom. The number of nitrogens with two attached hydrogens (primary N) is 1. The Morgan fingerprint density at radius 2 is 1.47 bits per heavy atom. The molecule has 1 aliphatic rings. The van der Waals surface area contributed by atoms with Gasteiger partial charge in [0.25, 0.3) is 0 Å². The fraction of sp³-hybridized carbons (Fsp3) is 0.538. The van der Waals surface area contributed by atoms with Gasteiger partial charge in [-0.2, -0.15) is 0 Å². The third-order valence-electron chi connectivity index (χ3n) is 9.64. The number of unbranched alkanes of at least 4 members (excludes halogenated alkanes) is 7. The molecule has 2 N–H and O–H groups in total. The molecule has 1 atom stereocenters. The summed E-state index contributed by atoms with van der Waals surface area (Å²) in [6.07, 6.45) is 21.2. The van der Waals surface area contributed by atoms with Gasteiger partial charge in [0, 0.05) is 22.2 Å². The summed E-state index contributed by atoms with van der Waals surface area (Å²) in [7, 11) is 0. The van der Waals surface area contributed by atoms with Gasteiger partial charge in [0.2, 0.25) is 0 Å². The molecule has 0 aliphatic heterocycles. The second-order valence-electron chi connectivity index (χ2n) is 12.8. The Balaban J connectivity index is 1.66. The molecule has 1 unspecified atom stereocenters. The zero-order chi connectivity index (χ0) is 30.7. The average molecular weight is 599 g/mol. The highest BCUT2D eigenvalue weighted by Crippen LogP contribution is 2.55. The lowest BCUT2D eigenvalue weighted by Gasteiger charge is -2.33. The first-order valence-electron chi connectivity index (χ1n) is 17.2. The van der Waals surface area contributed by atoms with Gasteiger partial charge < -0.3 is 5.73 Å². The van der Waals surface area contributed by atoms with Gasteiger partial charge in [0.1, 0.15) is 0 Å². The number of aldehydes is 1. The standard InChI is InChI=1S/C39H54N2OS/c1-5-9-12-14-21-39(22-15-13-10-6-2)36-25-31(40)17-19-34(36)35-20-18-32(26-37(35)39)41-27-33-24-30(38(28-42)43-33)23-29(8-4)16-11-7-3/h17-20,24-29H,5-16,21-23,40H2,1-4H3. The first-order chi connectivity index (χ1) is 21.0. The van der Waals surface area contributed by atoms with Gasteiger partial charge >= 0.3 is 0 Å².